The lowest BCUT2D eigenvalue weighted by atomic mass is 9.53. The summed E-state index contributed by atoms with van der Waals surface area (Å²) in [4.78, 5) is 23.5. The van der Waals surface area contributed by atoms with Gasteiger partial charge in [-0.15, -0.1) is 0 Å². The number of carbonyl (C=O) groups is 1. The molecule has 5 rings (SSSR count). The molecule has 0 aromatic carbocycles. The smallest absolute Gasteiger partial charge is 0.337 e. The van der Waals surface area contributed by atoms with Crippen LogP contribution in [0.25, 0.3) is 0 Å². The fraction of sp³-hybridized carbons (Fsp3) is 0.625. The molecule has 0 amide bonds. The third-order valence-electron chi connectivity index (χ3n) is 5.67. The van der Waals surface area contributed by atoms with Crippen molar-refractivity contribution in [2.45, 2.75) is 44.1 Å². The van der Waals surface area contributed by atoms with Crippen LogP contribution in [0.1, 0.15) is 48.9 Å². The molecule has 0 spiro atoms. The molecule has 4 saturated carbocycles. The molecule has 4 aliphatic rings. The van der Waals surface area contributed by atoms with E-state index in [1.807, 2.05) is 0 Å². The zero-order valence-corrected chi connectivity index (χ0v) is 11.4. The zero-order valence-electron chi connectivity index (χ0n) is 11.4. The van der Waals surface area contributed by atoms with Crippen LogP contribution in [-0.4, -0.2) is 15.6 Å². The number of aromatic carboxylic acids is 1. The summed E-state index contributed by atoms with van der Waals surface area (Å²) in [5, 5.41) is 9.17. The second-order valence-corrected chi connectivity index (χ2v) is 7.07. The molecule has 20 heavy (non-hydrogen) atoms. The van der Waals surface area contributed by atoms with Crippen molar-refractivity contribution in [3.8, 4) is 0 Å². The Hall–Kier alpha value is -1.58. The van der Waals surface area contributed by atoms with Crippen LogP contribution >= 0.6 is 0 Å². The van der Waals surface area contributed by atoms with Gasteiger partial charge in [0.25, 0.3) is 5.56 Å². The third kappa shape index (κ3) is 1.67. The maximum absolute atomic E-state index is 12.3. The summed E-state index contributed by atoms with van der Waals surface area (Å²) in [6, 6.07) is 2.84. The largest absolute Gasteiger partial charge is 0.478 e. The van der Waals surface area contributed by atoms with Gasteiger partial charge in [0, 0.05) is 17.8 Å². The fourth-order valence-electron chi connectivity index (χ4n) is 5.34. The zero-order chi connectivity index (χ0) is 13.9. The lowest BCUT2D eigenvalue weighted by Gasteiger charge is -2.57. The number of hydrogen-bond donors (Lipinski definition) is 1. The van der Waals surface area contributed by atoms with Gasteiger partial charge in [-0.1, -0.05) is 0 Å². The summed E-state index contributed by atoms with van der Waals surface area (Å²) in [5.41, 5.74) is 0.0781. The van der Waals surface area contributed by atoms with Crippen molar-refractivity contribution in [3.05, 3.63) is 34.2 Å². The molecule has 0 atom stereocenters. The van der Waals surface area contributed by atoms with Gasteiger partial charge in [-0.05, 0) is 62.3 Å². The molecule has 4 nitrogen and oxygen atoms in total. The summed E-state index contributed by atoms with van der Waals surface area (Å²) in [5.74, 6) is 1.26. The highest BCUT2D eigenvalue weighted by molar-refractivity contribution is 5.87. The van der Waals surface area contributed by atoms with E-state index in [-0.39, 0.29) is 16.7 Å². The summed E-state index contributed by atoms with van der Waals surface area (Å²) in [6.45, 7) is 0. The Morgan fingerprint density at radius 1 is 1.10 bits per heavy atom. The Morgan fingerprint density at radius 2 is 1.65 bits per heavy atom. The molecule has 4 fully saturated rings. The number of hydrogen-bond acceptors (Lipinski definition) is 2. The predicted molar refractivity (Wildman–Crippen MR) is 73.8 cm³/mol. The molecule has 1 aromatic heterocycles. The van der Waals surface area contributed by atoms with E-state index in [4.69, 9.17) is 5.11 Å². The highest BCUT2D eigenvalue weighted by Crippen LogP contribution is 2.58. The first-order chi connectivity index (χ1) is 9.56. The summed E-state index contributed by atoms with van der Waals surface area (Å²) in [7, 11) is 0. The van der Waals surface area contributed by atoms with E-state index in [1.165, 1.54) is 31.4 Å². The Kier molecular flexibility index (Phi) is 2.41. The minimum atomic E-state index is -0.955. The standard InChI is InChI=1S/C16H19NO3/c18-14-2-1-13(15(19)20)9-17(14)16-6-10-3-11(7-16)5-12(4-10)8-16/h1-2,9-12H,3-8H2,(H,19,20). The van der Waals surface area contributed by atoms with Crippen molar-refractivity contribution >= 4 is 5.97 Å². The van der Waals surface area contributed by atoms with Crippen molar-refractivity contribution in [3.63, 3.8) is 0 Å². The maximum atomic E-state index is 12.3. The average molecular weight is 273 g/mol. The topological polar surface area (TPSA) is 59.3 Å². The molecule has 1 N–H and O–H groups in total. The van der Waals surface area contributed by atoms with Gasteiger partial charge in [0.15, 0.2) is 0 Å². The fourth-order valence-corrected chi connectivity index (χ4v) is 5.34. The van der Waals surface area contributed by atoms with E-state index in [9.17, 15) is 9.59 Å². The Bertz CT molecular complexity index is 596. The summed E-state index contributed by atoms with van der Waals surface area (Å²) >= 11 is 0. The van der Waals surface area contributed by atoms with E-state index in [0.29, 0.717) is 0 Å². The Labute approximate surface area is 117 Å². The van der Waals surface area contributed by atoms with Crippen LogP contribution in [0.4, 0.5) is 0 Å². The number of aromatic nitrogens is 1. The SMILES string of the molecule is O=C(O)c1ccc(=O)n(C23CC4CC(CC(C4)C2)C3)c1. The second kappa shape index (κ2) is 3.96. The number of carboxylic acid groups (broad SMARTS) is 1. The first kappa shape index (κ1) is 12.2. The van der Waals surface area contributed by atoms with E-state index >= 15 is 0 Å². The normalized spacial score (nSPS) is 38.1. The molecular weight excluding hydrogens is 254 g/mol. The minimum Gasteiger partial charge on any atom is -0.478 e. The van der Waals surface area contributed by atoms with Crippen molar-refractivity contribution in [2.75, 3.05) is 0 Å². The van der Waals surface area contributed by atoms with Gasteiger partial charge < -0.3 is 9.67 Å². The van der Waals surface area contributed by atoms with Gasteiger partial charge in [-0.3, -0.25) is 4.79 Å². The number of nitrogens with zero attached hydrogens (tertiary/aromatic N) is 1. The molecule has 1 heterocycles. The molecular formula is C16H19NO3. The first-order valence-corrected chi connectivity index (χ1v) is 7.52. The lowest BCUT2D eigenvalue weighted by Crippen LogP contribution is -2.54. The average Bonchev–Trinajstić information content (AvgIpc) is 2.37. The van der Waals surface area contributed by atoms with Gasteiger partial charge in [-0.2, -0.15) is 0 Å². The number of pyridine rings is 1. The van der Waals surface area contributed by atoms with Gasteiger partial charge in [0.1, 0.15) is 0 Å². The molecule has 0 radical (unpaired) electrons. The van der Waals surface area contributed by atoms with E-state index < -0.39 is 5.97 Å². The van der Waals surface area contributed by atoms with Crippen molar-refractivity contribution < 1.29 is 9.90 Å². The minimum absolute atomic E-state index is 0.0445. The van der Waals surface area contributed by atoms with Crippen LogP contribution in [0.3, 0.4) is 0 Å². The molecule has 4 bridgehead atoms. The third-order valence-corrected chi connectivity index (χ3v) is 5.67. The van der Waals surface area contributed by atoms with Crippen LogP contribution in [0.15, 0.2) is 23.1 Å². The van der Waals surface area contributed by atoms with E-state index in [2.05, 4.69) is 0 Å². The second-order valence-electron chi connectivity index (χ2n) is 7.07. The Balaban J connectivity index is 1.82. The van der Waals surface area contributed by atoms with Crippen LogP contribution < -0.4 is 5.56 Å². The van der Waals surface area contributed by atoms with Gasteiger partial charge in [0.05, 0.1) is 5.56 Å². The van der Waals surface area contributed by atoms with Crippen LogP contribution in [0, 0.1) is 17.8 Å². The van der Waals surface area contributed by atoms with Crippen LogP contribution in [-0.2, 0) is 5.54 Å². The molecule has 0 saturated heterocycles. The van der Waals surface area contributed by atoms with E-state index in [1.54, 1.807) is 10.8 Å². The summed E-state index contributed by atoms with van der Waals surface area (Å²) in [6.07, 6.45) is 8.69. The molecule has 0 aliphatic heterocycles. The molecule has 106 valence electrons. The van der Waals surface area contributed by atoms with Crippen LogP contribution in [0.2, 0.25) is 0 Å². The van der Waals surface area contributed by atoms with Crippen molar-refractivity contribution in [1.82, 2.24) is 4.57 Å². The Morgan fingerprint density at radius 3 is 2.15 bits per heavy atom. The van der Waals surface area contributed by atoms with Gasteiger partial charge in [0.2, 0.25) is 0 Å². The molecule has 1 aromatic rings. The first-order valence-electron chi connectivity index (χ1n) is 7.52. The van der Waals surface area contributed by atoms with Crippen molar-refractivity contribution in [2.24, 2.45) is 17.8 Å². The molecule has 4 aliphatic carbocycles. The summed E-state index contributed by atoms with van der Waals surface area (Å²) < 4.78 is 1.76. The number of rotatable bonds is 2. The highest BCUT2D eigenvalue weighted by Gasteiger charge is 2.52. The monoisotopic (exact) mass is 273 g/mol. The highest BCUT2D eigenvalue weighted by atomic mass is 16.4. The van der Waals surface area contributed by atoms with Crippen LogP contribution in [0.5, 0.6) is 0 Å². The number of carboxylic acids is 1. The van der Waals surface area contributed by atoms with E-state index in [0.717, 1.165) is 37.0 Å². The molecule has 0 unspecified atom stereocenters. The maximum Gasteiger partial charge on any atom is 0.337 e. The van der Waals surface area contributed by atoms with Gasteiger partial charge >= 0.3 is 5.97 Å². The quantitative estimate of drug-likeness (QED) is 0.900. The molecule has 4 heteroatoms. The van der Waals surface area contributed by atoms with Crippen molar-refractivity contribution in [1.29, 1.82) is 0 Å². The lowest BCUT2D eigenvalue weighted by molar-refractivity contribution is -0.0449. The predicted octanol–water partition coefficient (Wildman–Crippen LogP) is 2.47. The van der Waals surface area contributed by atoms with Gasteiger partial charge in [-0.25, -0.2) is 4.79 Å².